The highest BCUT2D eigenvalue weighted by molar-refractivity contribution is 6.31. The van der Waals surface area contributed by atoms with Gasteiger partial charge in [0.1, 0.15) is 0 Å². The van der Waals surface area contributed by atoms with E-state index in [9.17, 15) is 9.59 Å². The van der Waals surface area contributed by atoms with E-state index in [1.54, 1.807) is 48.5 Å². The monoisotopic (exact) mass is 317 g/mol. The molecule has 2 aromatic rings. The second-order valence-electron chi connectivity index (χ2n) is 4.68. The lowest BCUT2D eigenvalue weighted by molar-refractivity contribution is 0.0505. The van der Waals surface area contributed by atoms with E-state index in [0.717, 1.165) is 6.42 Å². The van der Waals surface area contributed by atoms with Gasteiger partial charge >= 0.3 is 5.97 Å². The Bertz CT molecular complexity index is 668. The van der Waals surface area contributed by atoms with Crippen molar-refractivity contribution in [3.63, 3.8) is 0 Å². The van der Waals surface area contributed by atoms with Gasteiger partial charge in [0, 0.05) is 16.3 Å². The second-order valence-corrected chi connectivity index (χ2v) is 5.11. The van der Waals surface area contributed by atoms with Crippen molar-refractivity contribution in [3.8, 4) is 0 Å². The number of benzene rings is 2. The molecule has 0 bridgehead atoms. The summed E-state index contributed by atoms with van der Waals surface area (Å²) in [4.78, 5) is 23.7. The molecule has 0 aliphatic heterocycles. The zero-order valence-corrected chi connectivity index (χ0v) is 12.9. The molecule has 0 heterocycles. The molecule has 0 atom stereocenters. The SMILES string of the molecule is CCCOC(=O)c1ccc(NC(=O)c2cccc(Cl)c2)cc1. The van der Waals surface area contributed by atoms with Crippen molar-refractivity contribution in [2.45, 2.75) is 13.3 Å². The van der Waals surface area contributed by atoms with Gasteiger partial charge in [-0.1, -0.05) is 24.6 Å². The Kier molecular flexibility index (Phi) is 5.55. The zero-order chi connectivity index (χ0) is 15.9. The molecule has 0 radical (unpaired) electrons. The highest BCUT2D eigenvalue weighted by Gasteiger charge is 2.09. The van der Waals surface area contributed by atoms with Crippen molar-refractivity contribution in [2.24, 2.45) is 0 Å². The molecule has 4 nitrogen and oxygen atoms in total. The minimum Gasteiger partial charge on any atom is -0.462 e. The third-order valence-corrected chi connectivity index (χ3v) is 3.14. The molecule has 5 heteroatoms. The summed E-state index contributed by atoms with van der Waals surface area (Å²) in [5, 5.41) is 3.25. The summed E-state index contributed by atoms with van der Waals surface area (Å²) in [6, 6.07) is 13.2. The summed E-state index contributed by atoms with van der Waals surface area (Å²) in [6.07, 6.45) is 0.777. The molecule has 0 fully saturated rings. The Hall–Kier alpha value is -2.33. The van der Waals surface area contributed by atoms with Crippen molar-refractivity contribution in [1.29, 1.82) is 0 Å². The Morgan fingerprint density at radius 1 is 1.09 bits per heavy atom. The average Bonchev–Trinajstić information content (AvgIpc) is 2.53. The Morgan fingerprint density at radius 2 is 1.82 bits per heavy atom. The number of rotatable bonds is 5. The van der Waals surface area contributed by atoms with Gasteiger partial charge in [0.2, 0.25) is 0 Å². The molecule has 0 aliphatic carbocycles. The van der Waals surface area contributed by atoms with Crippen LogP contribution in [0.4, 0.5) is 5.69 Å². The van der Waals surface area contributed by atoms with E-state index in [1.807, 2.05) is 6.92 Å². The number of hydrogen-bond donors (Lipinski definition) is 1. The third kappa shape index (κ3) is 4.33. The third-order valence-electron chi connectivity index (χ3n) is 2.90. The summed E-state index contributed by atoms with van der Waals surface area (Å²) in [5.74, 6) is -0.627. The van der Waals surface area contributed by atoms with Gasteiger partial charge in [-0.25, -0.2) is 4.79 Å². The van der Waals surface area contributed by atoms with Crippen molar-refractivity contribution in [1.82, 2.24) is 0 Å². The van der Waals surface area contributed by atoms with Crippen LogP contribution >= 0.6 is 11.6 Å². The Labute approximate surface area is 134 Å². The molecule has 2 aromatic carbocycles. The number of halogens is 1. The minimum atomic E-state index is -0.366. The van der Waals surface area contributed by atoms with Crippen LogP contribution in [-0.2, 0) is 4.74 Å². The van der Waals surface area contributed by atoms with Crippen LogP contribution in [0.25, 0.3) is 0 Å². The maximum absolute atomic E-state index is 12.1. The molecule has 114 valence electrons. The predicted molar refractivity (Wildman–Crippen MR) is 86.4 cm³/mol. The molecule has 22 heavy (non-hydrogen) atoms. The number of carbonyl (C=O) groups is 2. The summed E-state index contributed by atoms with van der Waals surface area (Å²) in [7, 11) is 0. The number of nitrogens with one attached hydrogen (secondary N) is 1. The van der Waals surface area contributed by atoms with E-state index >= 15 is 0 Å². The normalized spacial score (nSPS) is 10.1. The molecule has 0 saturated heterocycles. The lowest BCUT2D eigenvalue weighted by Gasteiger charge is -2.07. The molecular weight excluding hydrogens is 302 g/mol. The maximum atomic E-state index is 12.1. The summed E-state index contributed by atoms with van der Waals surface area (Å²) >= 11 is 5.86. The van der Waals surface area contributed by atoms with E-state index in [-0.39, 0.29) is 11.9 Å². The first-order valence-corrected chi connectivity index (χ1v) is 7.32. The van der Waals surface area contributed by atoms with Gasteiger partial charge in [0.05, 0.1) is 12.2 Å². The van der Waals surface area contributed by atoms with Crippen molar-refractivity contribution >= 4 is 29.2 Å². The van der Waals surface area contributed by atoms with Crippen LogP contribution in [0.2, 0.25) is 5.02 Å². The van der Waals surface area contributed by atoms with E-state index in [1.165, 1.54) is 0 Å². The molecular formula is C17H16ClNO3. The minimum absolute atomic E-state index is 0.260. The fraction of sp³-hybridized carbons (Fsp3) is 0.176. The quantitative estimate of drug-likeness (QED) is 0.842. The van der Waals surface area contributed by atoms with Crippen molar-refractivity contribution in [2.75, 3.05) is 11.9 Å². The topological polar surface area (TPSA) is 55.4 Å². The van der Waals surface area contributed by atoms with Crippen LogP contribution in [-0.4, -0.2) is 18.5 Å². The first-order chi connectivity index (χ1) is 10.6. The van der Waals surface area contributed by atoms with Crippen LogP contribution in [0.3, 0.4) is 0 Å². The van der Waals surface area contributed by atoms with Crippen LogP contribution < -0.4 is 5.32 Å². The van der Waals surface area contributed by atoms with Gasteiger partial charge in [0.15, 0.2) is 0 Å². The molecule has 0 unspecified atom stereocenters. The highest BCUT2D eigenvalue weighted by Crippen LogP contribution is 2.15. The number of anilines is 1. The van der Waals surface area contributed by atoms with Gasteiger partial charge in [-0.2, -0.15) is 0 Å². The van der Waals surface area contributed by atoms with Crippen LogP contribution in [0.5, 0.6) is 0 Å². The number of ether oxygens (including phenoxy) is 1. The second kappa shape index (κ2) is 7.61. The number of amides is 1. The van der Waals surface area contributed by atoms with E-state index < -0.39 is 0 Å². The van der Waals surface area contributed by atoms with E-state index in [4.69, 9.17) is 16.3 Å². The number of carbonyl (C=O) groups excluding carboxylic acids is 2. The average molecular weight is 318 g/mol. The Balaban J connectivity index is 2.02. The number of esters is 1. The van der Waals surface area contributed by atoms with Gasteiger partial charge in [-0.15, -0.1) is 0 Å². The smallest absolute Gasteiger partial charge is 0.338 e. The fourth-order valence-corrected chi connectivity index (χ4v) is 1.99. The molecule has 0 saturated carbocycles. The van der Waals surface area contributed by atoms with Gasteiger partial charge in [0.25, 0.3) is 5.91 Å². The largest absolute Gasteiger partial charge is 0.462 e. The Morgan fingerprint density at radius 3 is 2.45 bits per heavy atom. The van der Waals surface area contributed by atoms with E-state index in [0.29, 0.717) is 28.4 Å². The van der Waals surface area contributed by atoms with Gasteiger partial charge in [-0.3, -0.25) is 4.79 Å². The van der Waals surface area contributed by atoms with E-state index in [2.05, 4.69) is 5.32 Å². The summed E-state index contributed by atoms with van der Waals surface area (Å²) < 4.78 is 5.04. The fourth-order valence-electron chi connectivity index (χ4n) is 1.80. The van der Waals surface area contributed by atoms with Crippen LogP contribution in [0.1, 0.15) is 34.1 Å². The maximum Gasteiger partial charge on any atom is 0.338 e. The van der Waals surface area contributed by atoms with Crippen LogP contribution in [0.15, 0.2) is 48.5 Å². The first kappa shape index (κ1) is 16.0. The zero-order valence-electron chi connectivity index (χ0n) is 12.1. The van der Waals surface area contributed by atoms with Gasteiger partial charge < -0.3 is 10.1 Å². The molecule has 0 aromatic heterocycles. The van der Waals surface area contributed by atoms with Gasteiger partial charge in [-0.05, 0) is 48.9 Å². The highest BCUT2D eigenvalue weighted by atomic mass is 35.5. The molecule has 0 spiro atoms. The number of hydrogen-bond acceptors (Lipinski definition) is 3. The predicted octanol–water partition coefficient (Wildman–Crippen LogP) is 4.16. The standard InChI is InChI=1S/C17H16ClNO3/c1-2-10-22-17(21)12-6-8-15(9-7-12)19-16(20)13-4-3-5-14(18)11-13/h3-9,11H,2,10H2,1H3,(H,19,20). The summed E-state index contributed by atoms with van der Waals surface area (Å²) in [6.45, 7) is 2.33. The first-order valence-electron chi connectivity index (χ1n) is 6.94. The molecule has 1 amide bonds. The molecule has 0 aliphatic rings. The summed E-state index contributed by atoms with van der Waals surface area (Å²) in [5.41, 5.74) is 1.52. The van der Waals surface area contributed by atoms with Crippen LogP contribution in [0, 0.1) is 0 Å². The lowest BCUT2D eigenvalue weighted by Crippen LogP contribution is -2.12. The molecule has 1 N–H and O–H groups in total. The molecule has 2 rings (SSSR count). The van der Waals surface area contributed by atoms with Crippen molar-refractivity contribution < 1.29 is 14.3 Å². The van der Waals surface area contributed by atoms with Crippen molar-refractivity contribution in [3.05, 3.63) is 64.7 Å². The lowest BCUT2D eigenvalue weighted by atomic mass is 10.2.